The molecule has 3 heteroatoms. The largest absolute Gasteiger partial charge is 0.388 e. The molecule has 0 aliphatic carbocycles. The maximum atomic E-state index is 8.81. The van der Waals surface area contributed by atoms with Gasteiger partial charge in [-0.1, -0.05) is 0 Å². The minimum Gasteiger partial charge on any atom is -0.388 e. The Morgan fingerprint density at radius 2 is 2.14 bits per heavy atom. The summed E-state index contributed by atoms with van der Waals surface area (Å²) in [7, 11) is 0. The van der Waals surface area contributed by atoms with Gasteiger partial charge in [0.15, 0.2) is 0 Å². The zero-order chi connectivity index (χ0) is 5.91. The van der Waals surface area contributed by atoms with E-state index in [9.17, 15) is 0 Å². The maximum Gasteiger partial charge on any atom is 0.0961 e. The molecule has 0 saturated heterocycles. The fraction of sp³-hybridized carbons (Fsp3) is 1.00. The van der Waals surface area contributed by atoms with Gasteiger partial charge in [0.25, 0.3) is 0 Å². The zero-order valence-corrected chi connectivity index (χ0v) is 4.64. The van der Waals surface area contributed by atoms with Crippen LogP contribution in [-0.2, 0) is 4.84 Å². The second kappa shape index (κ2) is 2.26. The highest BCUT2D eigenvalue weighted by Gasteiger charge is 2.10. The van der Waals surface area contributed by atoms with Gasteiger partial charge in [-0.05, 0) is 13.8 Å². The van der Waals surface area contributed by atoms with Crippen LogP contribution in [0.25, 0.3) is 0 Å². The Hall–Kier alpha value is -0.120. The van der Waals surface area contributed by atoms with E-state index in [0.29, 0.717) is 0 Å². The third-order valence-corrected chi connectivity index (χ3v) is 0.437. The monoisotopic (exact) mass is 105 g/mol. The van der Waals surface area contributed by atoms with Crippen LogP contribution in [0.1, 0.15) is 13.8 Å². The normalized spacial score (nSPS) is 12.0. The highest BCUT2D eigenvalue weighted by Crippen LogP contribution is 1.97. The summed E-state index contributed by atoms with van der Waals surface area (Å²) in [4.78, 5) is 4.16. The van der Waals surface area contributed by atoms with Crippen molar-refractivity contribution in [3.63, 3.8) is 0 Å². The van der Waals surface area contributed by atoms with Gasteiger partial charge in [-0.3, -0.25) is 0 Å². The molecule has 0 radical (unpaired) electrons. The number of hydrogen-bond acceptors (Lipinski definition) is 3. The molecule has 0 unspecified atom stereocenters. The minimum absolute atomic E-state index is 0.174. The van der Waals surface area contributed by atoms with E-state index in [2.05, 4.69) is 10.7 Å². The lowest BCUT2D eigenvalue weighted by atomic mass is 10.2. The van der Waals surface area contributed by atoms with E-state index < -0.39 is 5.60 Å². The molecular weight excluding hydrogens is 94.0 g/mol. The SMILES string of the molecule is CC(C)(O)CON. The van der Waals surface area contributed by atoms with Gasteiger partial charge in [0, 0.05) is 0 Å². The van der Waals surface area contributed by atoms with Crippen molar-refractivity contribution in [3.05, 3.63) is 0 Å². The molecule has 44 valence electrons. The molecule has 7 heavy (non-hydrogen) atoms. The van der Waals surface area contributed by atoms with Gasteiger partial charge >= 0.3 is 0 Å². The van der Waals surface area contributed by atoms with Crippen molar-refractivity contribution in [1.82, 2.24) is 0 Å². The Morgan fingerprint density at radius 3 is 2.14 bits per heavy atom. The van der Waals surface area contributed by atoms with Gasteiger partial charge in [-0.15, -0.1) is 0 Å². The first-order chi connectivity index (χ1) is 3.06. The van der Waals surface area contributed by atoms with Crippen LogP contribution in [0.4, 0.5) is 0 Å². The standard InChI is InChI=1S/C4H11NO2/c1-4(2,6)3-7-5/h6H,3,5H2,1-2H3. The van der Waals surface area contributed by atoms with Crippen LogP contribution in [0.15, 0.2) is 0 Å². The van der Waals surface area contributed by atoms with Crippen molar-refractivity contribution in [3.8, 4) is 0 Å². The second-order valence-corrected chi connectivity index (χ2v) is 2.12. The van der Waals surface area contributed by atoms with Gasteiger partial charge in [0.1, 0.15) is 0 Å². The van der Waals surface area contributed by atoms with Gasteiger partial charge in [-0.2, -0.15) is 0 Å². The van der Waals surface area contributed by atoms with Crippen LogP contribution in [0, 0.1) is 0 Å². The van der Waals surface area contributed by atoms with E-state index >= 15 is 0 Å². The molecule has 0 atom stereocenters. The molecule has 0 aliphatic heterocycles. The number of nitrogens with two attached hydrogens (primary N) is 1. The molecule has 0 aromatic heterocycles. The molecule has 0 aliphatic rings. The van der Waals surface area contributed by atoms with Crippen LogP contribution < -0.4 is 5.90 Å². The summed E-state index contributed by atoms with van der Waals surface area (Å²) in [5.74, 6) is 4.65. The fourth-order valence-electron chi connectivity index (χ4n) is 0.204. The molecule has 0 heterocycles. The predicted octanol–water partition coefficient (Wildman–Crippen LogP) is -0.352. The quantitative estimate of drug-likeness (QED) is 0.472. The third kappa shape index (κ3) is 5.88. The van der Waals surface area contributed by atoms with Gasteiger partial charge in [0.05, 0.1) is 12.2 Å². The van der Waals surface area contributed by atoms with Crippen molar-refractivity contribution in [2.24, 2.45) is 5.90 Å². The lowest BCUT2D eigenvalue weighted by Gasteiger charge is -2.13. The Morgan fingerprint density at radius 1 is 1.71 bits per heavy atom. The van der Waals surface area contributed by atoms with E-state index in [4.69, 9.17) is 5.11 Å². The van der Waals surface area contributed by atoms with E-state index in [1.54, 1.807) is 13.8 Å². The van der Waals surface area contributed by atoms with Crippen molar-refractivity contribution < 1.29 is 9.94 Å². The van der Waals surface area contributed by atoms with Crippen LogP contribution in [0.3, 0.4) is 0 Å². The summed E-state index contributed by atoms with van der Waals surface area (Å²) < 4.78 is 0. The lowest BCUT2D eigenvalue weighted by Crippen LogP contribution is -2.27. The first-order valence-corrected chi connectivity index (χ1v) is 2.10. The molecule has 0 rings (SSSR count). The molecule has 0 saturated carbocycles. The van der Waals surface area contributed by atoms with Crippen molar-refractivity contribution in [1.29, 1.82) is 0 Å². The molecule has 0 spiro atoms. The first-order valence-electron chi connectivity index (χ1n) is 2.10. The average Bonchev–Trinajstić information content (AvgIpc) is 1.30. The summed E-state index contributed by atoms with van der Waals surface area (Å²) in [6, 6.07) is 0. The summed E-state index contributed by atoms with van der Waals surface area (Å²) in [6.07, 6.45) is 0. The molecule has 0 amide bonds. The summed E-state index contributed by atoms with van der Waals surface area (Å²) in [5.41, 5.74) is -0.797. The fourth-order valence-corrected chi connectivity index (χ4v) is 0.204. The van der Waals surface area contributed by atoms with E-state index in [1.165, 1.54) is 0 Å². The molecule has 0 bridgehead atoms. The van der Waals surface area contributed by atoms with Gasteiger partial charge in [-0.25, -0.2) is 5.90 Å². The predicted molar refractivity (Wildman–Crippen MR) is 26.4 cm³/mol. The van der Waals surface area contributed by atoms with Crippen molar-refractivity contribution >= 4 is 0 Å². The molecule has 0 aromatic rings. The first kappa shape index (κ1) is 6.88. The topological polar surface area (TPSA) is 55.5 Å². The van der Waals surface area contributed by atoms with E-state index in [-0.39, 0.29) is 6.61 Å². The number of aliphatic hydroxyl groups is 1. The summed E-state index contributed by atoms with van der Waals surface area (Å²) in [5, 5.41) is 8.81. The average molecular weight is 105 g/mol. The minimum atomic E-state index is -0.797. The number of rotatable bonds is 2. The van der Waals surface area contributed by atoms with Gasteiger partial charge < -0.3 is 9.94 Å². The maximum absolute atomic E-state index is 8.81. The van der Waals surface area contributed by atoms with Crippen LogP contribution in [0.2, 0.25) is 0 Å². The summed E-state index contributed by atoms with van der Waals surface area (Å²) >= 11 is 0. The molecule has 3 nitrogen and oxygen atoms in total. The Labute approximate surface area is 43.0 Å². The van der Waals surface area contributed by atoms with Crippen molar-refractivity contribution in [2.45, 2.75) is 19.4 Å². The highest BCUT2D eigenvalue weighted by molar-refractivity contribution is 4.61. The van der Waals surface area contributed by atoms with E-state index in [0.717, 1.165) is 0 Å². The van der Waals surface area contributed by atoms with Crippen LogP contribution in [-0.4, -0.2) is 17.3 Å². The van der Waals surface area contributed by atoms with E-state index in [1.807, 2.05) is 0 Å². The summed E-state index contributed by atoms with van der Waals surface area (Å²) in [6.45, 7) is 3.42. The lowest BCUT2D eigenvalue weighted by molar-refractivity contribution is -0.0215. The molecule has 3 N–H and O–H groups in total. The third-order valence-electron chi connectivity index (χ3n) is 0.437. The van der Waals surface area contributed by atoms with Crippen molar-refractivity contribution in [2.75, 3.05) is 6.61 Å². The highest BCUT2D eigenvalue weighted by atomic mass is 16.6. The Kier molecular flexibility index (Phi) is 2.22. The Balaban J connectivity index is 3.15. The number of hydrogen-bond donors (Lipinski definition) is 2. The van der Waals surface area contributed by atoms with Crippen LogP contribution >= 0.6 is 0 Å². The molecular formula is C4H11NO2. The zero-order valence-electron chi connectivity index (χ0n) is 4.64. The van der Waals surface area contributed by atoms with Crippen LogP contribution in [0.5, 0.6) is 0 Å². The molecule has 0 aromatic carbocycles. The van der Waals surface area contributed by atoms with Gasteiger partial charge in [0.2, 0.25) is 0 Å². The smallest absolute Gasteiger partial charge is 0.0961 e. The molecule has 0 fully saturated rings. The second-order valence-electron chi connectivity index (χ2n) is 2.12. The Bertz CT molecular complexity index is 48.1.